The number of carbonyl (C=O) groups is 2. The molecule has 2 aliphatic rings. The van der Waals surface area contributed by atoms with Gasteiger partial charge in [0, 0.05) is 37.2 Å². The van der Waals surface area contributed by atoms with Crippen molar-refractivity contribution in [2.45, 2.75) is 51.1 Å². The number of Topliss-reactive ketones (excluding diaryl/α,β-unsaturated/α-hetero) is 1. The number of rotatable bonds is 6. The van der Waals surface area contributed by atoms with Crippen molar-refractivity contribution in [1.82, 2.24) is 10.2 Å². The molecule has 2 saturated heterocycles. The van der Waals surface area contributed by atoms with E-state index in [-0.39, 0.29) is 11.7 Å². The molecule has 0 aliphatic carbocycles. The summed E-state index contributed by atoms with van der Waals surface area (Å²) < 4.78 is 5.66. The maximum Gasteiger partial charge on any atom is 0.222 e. The third-order valence-corrected chi connectivity index (χ3v) is 4.94. The van der Waals surface area contributed by atoms with E-state index >= 15 is 0 Å². The molecule has 1 aromatic carbocycles. The highest BCUT2D eigenvalue weighted by molar-refractivity contribution is 5.94. The summed E-state index contributed by atoms with van der Waals surface area (Å²) >= 11 is 0. The molecule has 2 heterocycles. The van der Waals surface area contributed by atoms with E-state index in [1.54, 1.807) is 31.2 Å². The summed E-state index contributed by atoms with van der Waals surface area (Å²) in [6, 6.07) is 8.22. The summed E-state index contributed by atoms with van der Waals surface area (Å²) in [6.07, 6.45) is 4.76. The van der Waals surface area contributed by atoms with Crippen molar-refractivity contribution in [2.75, 3.05) is 19.7 Å². The number of hydrogen-bond donors (Lipinski definition) is 1. The van der Waals surface area contributed by atoms with Gasteiger partial charge in [0.2, 0.25) is 5.91 Å². The van der Waals surface area contributed by atoms with Crippen molar-refractivity contribution in [2.24, 2.45) is 0 Å². The Kier molecular flexibility index (Phi) is 5.51. The van der Waals surface area contributed by atoms with Gasteiger partial charge in [-0.05, 0) is 56.9 Å². The molecule has 3 rings (SSSR count). The predicted octanol–water partition coefficient (Wildman–Crippen LogP) is 2.40. The van der Waals surface area contributed by atoms with Crippen LogP contribution in [0.15, 0.2) is 24.3 Å². The van der Waals surface area contributed by atoms with E-state index in [0.717, 1.165) is 25.3 Å². The molecule has 1 N–H and O–H groups in total. The Labute approximate surface area is 143 Å². The lowest BCUT2D eigenvalue weighted by molar-refractivity contribution is -0.131. The topological polar surface area (TPSA) is 58.6 Å². The molecule has 0 saturated carbocycles. The maximum atomic E-state index is 12.4. The molecule has 5 nitrogen and oxygen atoms in total. The molecule has 24 heavy (non-hydrogen) atoms. The molecule has 0 radical (unpaired) electrons. The number of ketones is 1. The SMILES string of the molecule is CC(=O)c1ccc(OCCCC(=O)N2CCC3CCC(C2)N3)cc1. The van der Waals surface area contributed by atoms with E-state index in [4.69, 9.17) is 4.74 Å². The summed E-state index contributed by atoms with van der Waals surface area (Å²) in [4.78, 5) is 25.6. The van der Waals surface area contributed by atoms with Crippen LogP contribution >= 0.6 is 0 Å². The number of ether oxygens (including phenoxy) is 1. The first-order chi connectivity index (χ1) is 11.6. The zero-order chi connectivity index (χ0) is 16.9. The van der Waals surface area contributed by atoms with Crippen LogP contribution in [0.3, 0.4) is 0 Å². The van der Waals surface area contributed by atoms with Crippen LogP contribution in [0.2, 0.25) is 0 Å². The summed E-state index contributed by atoms with van der Waals surface area (Å²) in [5.41, 5.74) is 0.682. The number of nitrogens with one attached hydrogen (secondary N) is 1. The maximum absolute atomic E-state index is 12.4. The second kappa shape index (κ2) is 7.79. The highest BCUT2D eigenvalue weighted by atomic mass is 16.5. The zero-order valence-electron chi connectivity index (χ0n) is 14.3. The van der Waals surface area contributed by atoms with Gasteiger partial charge < -0.3 is 15.0 Å². The number of benzene rings is 1. The molecule has 5 heteroatoms. The summed E-state index contributed by atoms with van der Waals surface area (Å²) in [5, 5.41) is 3.60. The van der Waals surface area contributed by atoms with Crippen molar-refractivity contribution < 1.29 is 14.3 Å². The lowest BCUT2D eigenvalue weighted by Crippen LogP contribution is -2.39. The second-order valence-electron chi connectivity index (χ2n) is 6.80. The van der Waals surface area contributed by atoms with Crippen LogP contribution in [0.1, 0.15) is 49.4 Å². The number of amides is 1. The first-order valence-electron chi connectivity index (χ1n) is 8.89. The number of hydrogen-bond acceptors (Lipinski definition) is 4. The molecule has 2 bridgehead atoms. The summed E-state index contributed by atoms with van der Waals surface area (Å²) in [7, 11) is 0. The van der Waals surface area contributed by atoms with Crippen LogP contribution in [0.4, 0.5) is 0 Å². The highest BCUT2D eigenvalue weighted by Crippen LogP contribution is 2.21. The van der Waals surface area contributed by atoms with Crippen molar-refractivity contribution in [1.29, 1.82) is 0 Å². The van der Waals surface area contributed by atoms with Gasteiger partial charge in [-0.25, -0.2) is 0 Å². The number of nitrogens with zero attached hydrogens (tertiary/aromatic N) is 1. The lowest BCUT2D eigenvalue weighted by Gasteiger charge is -2.24. The monoisotopic (exact) mass is 330 g/mol. The normalized spacial score (nSPS) is 23.0. The fourth-order valence-corrected chi connectivity index (χ4v) is 3.53. The standard InChI is InChI=1S/C19H26N2O3/c1-14(22)15-4-8-18(9-5-15)24-12-2-3-19(23)21-11-10-16-6-7-17(13-21)20-16/h4-5,8-9,16-17,20H,2-3,6-7,10-13H2,1H3. The average molecular weight is 330 g/mol. The molecule has 0 spiro atoms. The van der Waals surface area contributed by atoms with Crippen LogP contribution in [0, 0.1) is 0 Å². The number of likely N-dealkylation sites (tertiary alicyclic amines) is 1. The van der Waals surface area contributed by atoms with Gasteiger partial charge in [0.25, 0.3) is 0 Å². The molecule has 0 aromatic heterocycles. The van der Waals surface area contributed by atoms with Crippen molar-refractivity contribution in [3.63, 3.8) is 0 Å². The van der Waals surface area contributed by atoms with E-state index < -0.39 is 0 Å². The molecular weight excluding hydrogens is 304 g/mol. The van der Waals surface area contributed by atoms with Crippen LogP contribution in [0.25, 0.3) is 0 Å². The quantitative estimate of drug-likeness (QED) is 0.643. The van der Waals surface area contributed by atoms with Gasteiger partial charge >= 0.3 is 0 Å². The van der Waals surface area contributed by atoms with Crippen LogP contribution in [-0.4, -0.2) is 48.4 Å². The van der Waals surface area contributed by atoms with E-state index in [1.807, 2.05) is 4.90 Å². The lowest BCUT2D eigenvalue weighted by atomic mass is 10.1. The Bertz CT molecular complexity index is 585. The fraction of sp³-hybridized carbons (Fsp3) is 0.579. The van der Waals surface area contributed by atoms with Gasteiger partial charge in [0.1, 0.15) is 5.75 Å². The van der Waals surface area contributed by atoms with E-state index in [0.29, 0.717) is 37.1 Å². The van der Waals surface area contributed by atoms with E-state index in [1.165, 1.54) is 12.8 Å². The molecule has 2 fully saturated rings. The van der Waals surface area contributed by atoms with Gasteiger partial charge in [0.15, 0.2) is 5.78 Å². The summed E-state index contributed by atoms with van der Waals surface area (Å²) in [5.74, 6) is 1.02. The third kappa shape index (κ3) is 4.35. The molecule has 2 unspecified atom stereocenters. The Morgan fingerprint density at radius 3 is 2.67 bits per heavy atom. The van der Waals surface area contributed by atoms with Gasteiger partial charge in [-0.3, -0.25) is 9.59 Å². The minimum absolute atomic E-state index is 0.0489. The molecule has 1 aromatic rings. The molecule has 1 amide bonds. The first-order valence-corrected chi connectivity index (χ1v) is 8.89. The number of carbonyl (C=O) groups excluding carboxylic acids is 2. The van der Waals surface area contributed by atoms with Gasteiger partial charge in [-0.15, -0.1) is 0 Å². The highest BCUT2D eigenvalue weighted by Gasteiger charge is 2.30. The Balaban J connectivity index is 1.38. The second-order valence-corrected chi connectivity index (χ2v) is 6.80. The van der Waals surface area contributed by atoms with Crippen molar-refractivity contribution >= 4 is 11.7 Å². The van der Waals surface area contributed by atoms with Crippen molar-refractivity contribution in [3.8, 4) is 5.75 Å². The Morgan fingerprint density at radius 2 is 1.92 bits per heavy atom. The average Bonchev–Trinajstić information content (AvgIpc) is 2.90. The van der Waals surface area contributed by atoms with E-state index in [9.17, 15) is 9.59 Å². The summed E-state index contributed by atoms with van der Waals surface area (Å²) in [6.45, 7) is 3.79. The zero-order valence-corrected chi connectivity index (χ0v) is 14.3. The van der Waals surface area contributed by atoms with Crippen LogP contribution in [0.5, 0.6) is 5.75 Å². The smallest absolute Gasteiger partial charge is 0.222 e. The van der Waals surface area contributed by atoms with Crippen LogP contribution < -0.4 is 10.1 Å². The largest absolute Gasteiger partial charge is 0.494 e. The van der Waals surface area contributed by atoms with Gasteiger partial charge in [0.05, 0.1) is 6.61 Å². The fourth-order valence-electron chi connectivity index (χ4n) is 3.53. The van der Waals surface area contributed by atoms with Gasteiger partial charge in [-0.1, -0.05) is 0 Å². The molecule has 130 valence electrons. The Morgan fingerprint density at radius 1 is 1.17 bits per heavy atom. The predicted molar refractivity (Wildman–Crippen MR) is 92.3 cm³/mol. The van der Waals surface area contributed by atoms with Crippen molar-refractivity contribution in [3.05, 3.63) is 29.8 Å². The Hall–Kier alpha value is -1.88. The molecular formula is C19H26N2O3. The van der Waals surface area contributed by atoms with Gasteiger partial charge in [-0.2, -0.15) is 0 Å². The van der Waals surface area contributed by atoms with Crippen LogP contribution in [-0.2, 0) is 4.79 Å². The molecule has 2 atom stereocenters. The minimum atomic E-state index is 0.0489. The molecule has 2 aliphatic heterocycles. The van der Waals surface area contributed by atoms with E-state index in [2.05, 4.69) is 5.32 Å². The minimum Gasteiger partial charge on any atom is -0.494 e. The first kappa shape index (κ1) is 17.0. The third-order valence-electron chi connectivity index (χ3n) is 4.94. The number of fused-ring (bicyclic) bond motifs is 2.